The molecule has 0 unspecified atom stereocenters. The standard InChI is InChI=1S/C47H32N4O/c1-27-22-28(2)43(29(3)23-27)40-26-50-41-15-8-7-12-35(41)34-18-16-31(24-39(34)46(50)49-40)52-32-17-19-36-37-13-9-14-38-44-33(30-10-5-4-6-11-30)20-21-48-47(44)51(45(37)38)42(36)25-32/h4-26H,1-3H3. The number of pyridine rings is 2. The maximum absolute atomic E-state index is 6.72. The molecular formula is C47H32N4O. The summed E-state index contributed by atoms with van der Waals surface area (Å²) < 4.78 is 11.3. The highest BCUT2D eigenvalue weighted by Gasteiger charge is 2.21. The summed E-state index contributed by atoms with van der Waals surface area (Å²) in [6.07, 6.45) is 4.11. The van der Waals surface area contributed by atoms with E-state index in [-0.39, 0.29) is 0 Å². The third-order valence-electron chi connectivity index (χ3n) is 10.8. The third-order valence-corrected chi connectivity index (χ3v) is 10.8. The maximum atomic E-state index is 6.72. The SMILES string of the molecule is Cc1cc(C)c(-c2cn3c4ccccc4c4ccc(Oc5ccc6c7cccc8c9c(-c%10ccccc%10)ccnc9n(c6c5)c78)cc4c3n2)c(C)c1. The molecule has 246 valence electrons. The van der Waals surface area contributed by atoms with Gasteiger partial charge in [-0.05, 0) is 90.9 Å². The van der Waals surface area contributed by atoms with Crippen molar-refractivity contribution >= 4 is 65.5 Å². The molecule has 5 heterocycles. The molecule has 6 aromatic carbocycles. The van der Waals surface area contributed by atoms with Crippen molar-refractivity contribution in [1.82, 2.24) is 18.8 Å². The van der Waals surface area contributed by atoms with Gasteiger partial charge in [0.1, 0.15) is 22.8 Å². The second kappa shape index (κ2) is 10.6. The molecule has 5 aromatic heterocycles. The van der Waals surface area contributed by atoms with Gasteiger partial charge in [0.25, 0.3) is 0 Å². The molecule has 0 bridgehead atoms. The van der Waals surface area contributed by atoms with Gasteiger partial charge in [-0.2, -0.15) is 0 Å². The van der Waals surface area contributed by atoms with E-state index in [0.29, 0.717) is 0 Å². The Bertz CT molecular complexity index is 3220. The zero-order valence-corrected chi connectivity index (χ0v) is 29.0. The summed E-state index contributed by atoms with van der Waals surface area (Å²) in [6.45, 7) is 6.50. The van der Waals surface area contributed by atoms with Gasteiger partial charge in [0, 0.05) is 56.3 Å². The fourth-order valence-corrected chi connectivity index (χ4v) is 8.79. The third kappa shape index (κ3) is 4.05. The predicted molar refractivity (Wildman–Crippen MR) is 214 cm³/mol. The first-order valence-corrected chi connectivity index (χ1v) is 17.7. The molecule has 0 atom stereocenters. The van der Waals surface area contributed by atoms with Crippen molar-refractivity contribution < 1.29 is 4.74 Å². The van der Waals surface area contributed by atoms with Crippen molar-refractivity contribution in [3.63, 3.8) is 0 Å². The average molecular weight is 669 g/mol. The van der Waals surface area contributed by atoms with E-state index in [1.54, 1.807) is 0 Å². The van der Waals surface area contributed by atoms with E-state index in [0.717, 1.165) is 50.3 Å². The van der Waals surface area contributed by atoms with Crippen LogP contribution in [-0.4, -0.2) is 18.8 Å². The van der Waals surface area contributed by atoms with Gasteiger partial charge >= 0.3 is 0 Å². The van der Waals surface area contributed by atoms with Crippen LogP contribution >= 0.6 is 0 Å². The molecular weight excluding hydrogens is 637 g/mol. The molecule has 0 aliphatic heterocycles. The molecule has 0 amide bonds. The van der Waals surface area contributed by atoms with Gasteiger partial charge in [-0.1, -0.05) is 84.4 Å². The molecule has 0 aliphatic carbocycles. The molecule has 0 saturated heterocycles. The number of para-hydroxylation sites is 2. The van der Waals surface area contributed by atoms with Crippen LogP contribution in [0.5, 0.6) is 11.5 Å². The van der Waals surface area contributed by atoms with Gasteiger partial charge in [0.15, 0.2) is 0 Å². The van der Waals surface area contributed by atoms with Gasteiger partial charge < -0.3 is 4.74 Å². The molecule has 0 aliphatic rings. The highest BCUT2D eigenvalue weighted by Crippen LogP contribution is 2.43. The van der Waals surface area contributed by atoms with Crippen molar-refractivity contribution in [1.29, 1.82) is 0 Å². The van der Waals surface area contributed by atoms with Gasteiger partial charge in [0.05, 0.1) is 22.2 Å². The number of nitrogens with zero attached hydrogens (tertiary/aromatic N) is 4. The Kier molecular flexibility index (Phi) is 5.95. The highest BCUT2D eigenvalue weighted by atomic mass is 16.5. The summed E-state index contributed by atoms with van der Waals surface area (Å²) in [6, 6.07) is 45.1. The molecule has 5 nitrogen and oxygen atoms in total. The Labute approximate surface area is 299 Å². The van der Waals surface area contributed by atoms with Crippen molar-refractivity contribution in [3.05, 3.63) is 156 Å². The zero-order valence-electron chi connectivity index (χ0n) is 29.0. The van der Waals surface area contributed by atoms with E-state index in [4.69, 9.17) is 14.7 Å². The Morgan fingerprint density at radius 3 is 2.12 bits per heavy atom. The quantitative estimate of drug-likeness (QED) is 0.175. The normalized spacial score (nSPS) is 12.1. The largest absolute Gasteiger partial charge is 0.457 e. The molecule has 11 aromatic rings. The van der Waals surface area contributed by atoms with Crippen molar-refractivity contribution in [2.24, 2.45) is 0 Å². The Hall–Kier alpha value is -6.72. The number of fused-ring (bicyclic) bond motifs is 12. The van der Waals surface area contributed by atoms with Crippen LogP contribution in [0.4, 0.5) is 0 Å². The Balaban J connectivity index is 1.09. The monoisotopic (exact) mass is 668 g/mol. The minimum absolute atomic E-state index is 0.763. The van der Waals surface area contributed by atoms with Crippen molar-refractivity contribution in [3.8, 4) is 33.9 Å². The molecule has 0 fully saturated rings. The molecule has 0 spiro atoms. The summed E-state index contributed by atoms with van der Waals surface area (Å²) in [4.78, 5) is 10.3. The van der Waals surface area contributed by atoms with Crippen molar-refractivity contribution in [2.45, 2.75) is 20.8 Å². The Morgan fingerprint density at radius 2 is 1.27 bits per heavy atom. The van der Waals surface area contributed by atoms with Crippen LogP contribution < -0.4 is 4.74 Å². The van der Waals surface area contributed by atoms with Crippen LogP contribution in [-0.2, 0) is 0 Å². The average Bonchev–Trinajstić information content (AvgIpc) is 3.85. The molecule has 0 saturated carbocycles. The molecule has 5 heteroatoms. The van der Waals surface area contributed by atoms with Gasteiger partial charge in [-0.25, -0.2) is 9.97 Å². The van der Waals surface area contributed by atoms with E-state index < -0.39 is 0 Å². The zero-order chi connectivity index (χ0) is 34.7. The number of aryl methyl sites for hydroxylation is 3. The molecule has 11 rings (SSSR count). The van der Waals surface area contributed by atoms with Crippen molar-refractivity contribution in [2.75, 3.05) is 0 Å². The van der Waals surface area contributed by atoms with Gasteiger partial charge in [-0.3, -0.25) is 8.80 Å². The summed E-state index contributed by atoms with van der Waals surface area (Å²) in [5, 5.41) is 8.15. The summed E-state index contributed by atoms with van der Waals surface area (Å²) >= 11 is 0. The topological polar surface area (TPSA) is 43.8 Å². The van der Waals surface area contributed by atoms with E-state index in [1.807, 2.05) is 6.20 Å². The maximum Gasteiger partial charge on any atom is 0.146 e. The lowest BCUT2D eigenvalue weighted by Crippen LogP contribution is -1.91. The molecule has 0 radical (unpaired) electrons. The number of hydrogen-bond donors (Lipinski definition) is 0. The van der Waals surface area contributed by atoms with Crippen LogP contribution in [0.15, 0.2) is 140 Å². The predicted octanol–water partition coefficient (Wildman–Crippen LogP) is 12.2. The number of rotatable bonds is 4. The van der Waals surface area contributed by atoms with E-state index in [1.165, 1.54) is 65.8 Å². The second-order valence-electron chi connectivity index (χ2n) is 14.1. The lowest BCUT2D eigenvalue weighted by Gasteiger charge is -2.11. The summed E-state index contributed by atoms with van der Waals surface area (Å²) in [5.74, 6) is 1.53. The summed E-state index contributed by atoms with van der Waals surface area (Å²) in [5.41, 5.74) is 13.5. The minimum atomic E-state index is 0.763. The van der Waals surface area contributed by atoms with E-state index in [9.17, 15) is 0 Å². The highest BCUT2D eigenvalue weighted by molar-refractivity contribution is 6.25. The number of aromatic nitrogens is 4. The fraction of sp³-hybridized carbons (Fsp3) is 0.0638. The smallest absolute Gasteiger partial charge is 0.146 e. The first-order valence-electron chi connectivity index (χ1n) is 17.7. The Morgan fingerprint density at radius 1 is 0.558 bits per heavy atom. The number of benzene rings is 6. The number of ether oxygens (including phenoxy) is 1. The van der Waals surface area contributed by atoms with Crippen LogP contribution in [0.25, 0.3) is 87.9 Å². The van der Waals surface area contributed by atoms with Gasteiger partial charge in [0.2, 0.25) is 0 Å². The van der Waals surface area contributed by atoms with E-state index in [2.05, 4.69) is 163 Å². The first-order chi connectivity index (χ1) is 25.5. The first kappa shape index (κ1) is 29.1. The fourth-order valence-electron chi connectivity index (χ4n) is 8.79. The minimum Gasteiger partial charge on any atom is -0.457 e. The van der Waals surface area contributed by atoms with Crippen LogP contribution in [0.3, 0.4) is 0 Å². The van der Waals surface area contributed by atoms with Crippen LogP contribution in [0.1, 0.15) is 16.7 Å². The number of hydrogen-bond acceptors (Lipinski definition) is 3. The van der Waals surface area contributed by atoms with Crippen LogP contribution in [0.2, 0.25) is 0 Å². The van der Waals surface area contributed by atoms with E-state index >= 15 is 0 Å². The lowest BCUT2D eigenvalue weighted by atomic mass is 9.98. The second-order valence-corrected chi connectivity index (χ2v) is 14.1. The lowest BCUT2D eigenvalue weighted by molar-refractivity contribution is 0.484. The van der Waals surface area contributed by atoms with Gasteiger partial charge in [-0.15, -0.1) is 0 Å². The van der Waals surface area contributed by atoms with Crippen LogP contribution in [0, 0.1) is 20.8 Å². The number of imidazole rings is 1. The summed E-state index contributed by atoms with van der Waals surface area (Å²) in [7, 11) is 0. The molecule has 0 N–H and O–H groups in total. The molecule has 52 heavy (non-hydrogen) atoms.